The van der Waals surface area contributed by atoms with Crippen LogP contribution in [0.25, 0.3) is 11.3 Å². The molecule has 1 aliphatic rings. The van der Waals surface area contributed by atoms with Crippen molar-refractivity contribution in [2.75, 3.05) is 19.8 Å². The summed E-state index contributed by atoms with van der Waals surface area (Å²) in [6.45, 7) is 6.66. The van der Waals surface area contributed by atoms with Gasteiger partial charge in [-0.2, -0.15) is 13.2 Å². The Morgan fingerprint density at radius 2 is 1.83 bits per heavy atom. The molecule has 0 spiro atoms. The molecule has 4 atom stereocenters. The Hall–Kier alpha value is -3.30. The molecule has 15 heteroatoms. The summed E-state index contributed by atoms with van der Waals surface area (Å²) in [7, 11) is -1.69. The van der Waals surface area contributed by atoms with E-state index in [1.807, 2.05) is 0 Å². The van der Waals surface area contributed by atoms with Crippen molar-refractivity contribution < 1.29 is 46.3 Å². The fourth-order valence-corrected chi connectivity index (χ4v) is 5.58. The van der Waals surface area contributed by atoms with Gasteiger partial charge in [-0.15, -0.1) is 0 Å². The summed E-state index contributed by atoms with van der Waals surface area (Å²) in [4.78, 5) is 17.1. The lowest BCUT2D eigenvalue weighted by molar-refractivity contribution is -0.265. The number of fused-ring (bicyclic) bond motifs is 1. The van der Waals surface area contributed by atoms with Crippen molar-refractivity contribution in [2.45, 2.75) is 62.8 Å². The molecule has 0 radical (unpaired) electrons. The molecule has 4 N–H and O–H groups in total. The second-order valence-electron chi connectivity index (χ2n) is 12.2. The van der Waals surface area contributed by atoms with Crippen LogP contribution in [0.4, 0.5) is 17.6 Å². The summed E-state index contributed by atoms with van der Waals surface area (Å²) in [5.41, 5.74) is -5.80. The lowest BCUT2D eigenvalue weighted by Crippen LogP contribution is -2.52. The van der Waals surface area contributed by atoms with E-state index in [-0.39, 0.29) is 52.1 Å². The van der Waals surface area contributed by atoms with E-state index in [0.29, 0.717) is 0 Å². The van der Waals surface area contributed by atoms with Gasteiger partial charge in [-0.25, -0.2) is 18.3 Å². The number of pyridine rings is 1. The van der Waals surface area contributed by atoms with E-state index in [9.17, 15) is 36.8 Å². The van der Waals surface area contributed by atoms with Gasteiger partial charge in [0, 0.05) is 16.7 Å². The Labute approximate surface area is 270 Å². The Kier molecular flexibility index (Phi) is 10.1. The van der Waals surface area contributed by atoms with Crippen molar-refractivity contribution in [3.63, 3.8) is 0 Å². The number of hydrogen-bond donors (Lipinski definition) is 4. The van der Waals surface area contributed by atoms with Crippen LogP contribution in [-0.2, 0) is 22.1 Å². The zero-order valence-electron chi connectivity index (χ0n) is 25.6. The predicted molar refractivity (Wildman–Crippen MR) is 164 cm³/mol. The number of hydrogen-bond acceptors (Lipinski definition) is 7. The van der Waals surface area contributed by atoms with Crippen LogP contribution in [0.2, 0.25) is 5.02 Å². The highest BCUT2D eigenvalue weighted by atomic mass is 35.5. The molecule has 1 amide bonds. The third-order valence-electron chi connectivity index (χ3n) is 7.14. The van der Waals surface area contributed by atoms with E-state index in [1.54, 1.807) is 27.7 Å². The number of benzene rings is 2. The molecule has 1 aromatic heterocycles. The maximum absolute atomic E-state index is 14.8. The number of nitrogens with zero attached hydrogens (tertiary/aromatic N) is 1. The highest BCUT2D eigenvalue weighted by Gasteiger charge is 2.57. The number of alkyl halides is 3. The zero-order chi connectivity index (χ0) is 34.2. The summed E-state index contributed by atoms with van der Waals surface area (Å²) in [6, 6.07) is 9.55. The van der Waals surface area contributed by atoms with Crippen molar-refractivity contribution >= 4 is 28.5 Å². The number of amides is 1. The first-order valence-corrected chi connectivity index (χ1v) is 15.6. The second kappa shape index (κ2) is 13.1. The van der Waals surface area contributed by atoms with Gasteiger partial charge in [-0.05, 0) is 83.1 Å². The number of nitrogens with one attached hydrogen (secondary N) is 2. The first kappa shape index (κ1) is 35.6. The van der Waals surface area contributed by atoms with Crippen LogP contribution >= 0.6 is 11.6 Å². The van der Waals surface area contributed by atoms with Crippen LogP contribution in [0, 0.1) is 5.82 Å². The smallest absolute Gasteiger partial charge is 0.424 e. The summed E-state index contributed by atoms with van der Waals surface area (Å²) < 4.78 is 84.5. The molecule has 0 bridgehead atoms. The minimum Gasteiger partial charge on any atom is -0.489 e. The van der Waals surface area contributed by atoms with Crippen molar-refractivity contribution in [2.24, 2.45) is 0 Å². The molecule has 0 fully saturated rings. The fraction of sp³-hybridized carbons (Fsp3) is 0.419. The van der Waals surface area contributed by atoms with E-state index in [1.165, 1.54) is 37.3 Å². The van der Waals surface area contributed by atoms with Gasteiger partial charge < -0.3 is 25.0 Å². The van der Waals surface area contributed by atoms with Gasteiger partial charge in [0.2, 0.25) is 5.60 Å². The molecule has 2 aromatic carbocycles. The van der Waals surface area contributed by atoms with E-state index in [4.69, 9.17) is 21.1 Å². The average molecular weight is 688 g/mol. The van der Waals surface area contributed by atoms with E-state index in [0.717, 1.165) is 18.2 Å². The van der Waals surface area contributed by atoms with Crippen LogP contribution < -0.4 is 19.5 Å². The summed E-state index contributed by atoms with van der Waals surface area (Å²) in [5.74, 6) is -1.37. The third kappa shape index (κ3) is 7.46. The molecule has 9 nitrogen and oxygen atoms in total. The molecule has 1 aliphatic heterocycles. The average Bonchev–Trinajstić information content (AvgIpc) is 3.29. The molecule has 4 rings (SSSR count). The van der Waals surface area contributed by atoms with Crippen LogP contribution in [0.3, 0.4) is 0 Å². The van der Waals surface area contributed by atoms with Crippen molar-refractivity contribution in [3.05, 3.63) is 76.2 Å². The summed E-state index contributed by atoms with van der Waals surface area (Å²) >= 11 is 6.16. The van der Waals surface area contributed by atoms with Crippen molar-refractivity contribution in [1.29, 1.82) is 0 Å². The predicted octanol–water partition coefficient (Wildman–Crippen LogP) is 5.14. The lowest BCUT2D eigenvalue weighted by Gasteiger charge is -2.32. The SMILES string of the molecule is C[C@@H](O)COc1ccc(C(=O)NCC(O)(c2cc3c(c(-c4ccc(F)cc4)n2)OC[C@@]3(C)NS(=O)C(C)(C)C)C(F)(F)F)cc1Cl. The molecule has 0 saturated heterocycles. The molecule has 250 valence electrons. The highest BCUT2D eigenvalue weighted by Crippen LogP contribution is 2.47. The van der Waals surface area contributed by atoms with Crippen molar-refractivity contribution in [3.8, 4) is 22.8 Å². The van der Waals surface area contributed by atoms with Gasteiger partial charge in [0.05, 0.1) is 44.6 Å². The number of rotatable bonds is 10. The topological polar surface area (TPSA) is 130 Å². The lowest BCUT2D eigenvalue weighted by atomic mass is 9.89. The number of ether oxygens (including phenoxy) is 2. The van der Waals surface area contributed by atoms with Crippen LogP contribution in [-0.4, -0.2) is 62.1 Å². The van der Waals surface area contributed by atoms with Gasteiger partial charge in [-0.1, -0.05) is 11.6 Å². The molecule has 0 aliphatic carbocycles. The van der Waals surface area contributed by atoms with E-state index < -0.39 is 63.1 Å². The number of carbonyl (C=O) groups excluding carboxylic acids is 1. The number of halogens is 5. The quantitative estimate of drug-likeness (QED) is 0.217. The van der Waals surface area contributed by atoms with Gasteiger partial charge >= 0.3 is 6.18 Å². The second-order valence-corrected chi connectivity index (χ2v) is 14.6. The van der Waals surface area contributed by atoms with Gasteiger partial charge in [0.15, 0.2) is 5.75 Å². The number of aliphatic hydroxyl groups excluding tert-OH is 1. The largest absolute Gasteiger partial charge is 0.489 e. The molecule has 2 heterocycles. The zero-order valence-corrected chi connectivity index (χ0v) is 27.2. The fourth-order valence-electron chi connectivity index (χ4n) is 4.46. The van der Waals surface area contributed by atoms with Gasteiger partial charge in [0.25, 0.3) is 5.91 Å². The Balaban J connectivity index is 1.76. The first-order valence-electron chi connectivity index (χ1n) is 14.1. The minimum atomic E-state index is -5.35. The Morgan fingerprint density at radius 3 is 2.39 bits per heavy atom. The Morgan fingerprint density at radius 1 is 1.17 bits per heavy atom. The molecular formula is C31H34ClF4N3O6S. The normalized spacial score (nSPS) is 19.0. The van der Waals surface area contributed by atoms with E-state index in [2.05, 4.69) is 15.0 Å². The third-order valence-corrected chi connectivity index (χ3v) is 9.18. The van der Waals surface area contributed by atoms with Crippen molar-refractivity contribution in [1.82, 2.24) is 15.0 Å². The molecular weight excluding hydrogens is 654 g/mol. The molecule has 46 heavy (non-hydrogen) atoms. The monoisotopic (exact) mass is 687 g/mol. The molecule has 3 aromatic rings. The van der Waals surface area contributed by atoms with Crippen LogP contribution in [0.5, 0.6) is 11.5 Å². The first-order chi connectivity index (χ1) is 21.2. The number of carbonyl (C=O) groups is 1. The summed E-state index contributed by atoms with van der Waals surface area (Å²) in [6.07, 6.45) is -6.15. The molecule has 2 unspecified atom stereocenters. The molecule has 0 saturated carbocycles. The highest BCUT2D eigenvalue weighted by molar-refractivity contribution is 7.84. The standard InChI is InChI=1S/C31H34ClF4N3O6S/c1-17(40)14-44-23-11-8-19(12-22(23)32)27(41)37-15-30(42,31(34,35)36)24-13-21-26(25(38-24)18-6-9-20(33)10-7-18)45-16-29(21,5)39-46(43)28(2,3)4/h6-13,17,39-40,42H,14-16H2,1-5H3,(H,37,41)/t17-,29-,30?,46?/m1/s1. The van der Waals surface area contributed by atoms with E-state index >= 15 is 0 Å². The van der Waals surface area contributed by atoms with Gasteiger partial charge in [0.1, 0.15) is 30.5 Å². The number of aromatic nitrogens is 1. The van der Waals surface area contributed by atoms with Crippen LogP contribution in [0.1, 0.15) is 56.2 Å². The summed E-state index contributed by atoms with van der Waals surface area (Å²) in [5, 5.41) is 22.8. The van der Waals surface area contributed by atoms with Gasteiger partial charge in [-0.3, -0.25) is 4.79 Å². The Bertz CT molecular complexity index is 1630. The van der Waals surface area contributed by atoms with Crippen LogP contribution in [0.15, 0.2) is 48.5 Å². The minimum absolute atomic E-state index is 0.0250. The number of aliphatic hydroxyl groups is 2. The maximum Gasteiger partial charge on any atom is 0.424 e. The maximum atomic E-state index is 14.8.